The predicted octanol–water partition coefficient (Wildman–Crippen LogP) is 2.47. The quantitative estimate of drug-likeness (QED) is 0.705. The van der Waals surface area contributed by atoms with Crippen LogP contribution in [-0.4, -0.2) is 61.0 Å². The third kappa shape index (κ3) is 6.29. The third-order valence-corrected chi connectivity index (χ3v) is 4.94. The molecule has 1 aliphatic heterocycles. The largest absolute Gasteiger partial charge is 0.352 e. The Hall–Kier alpha value is -2.93. The highest BCUT2D eigenvalue weighted by atomic mass is 19.1. The molecule has 3 rings (SSSR count). The van der Waals surface area contributed by atoms with Crippen LogP contribution in [0.4, 0.5) is 9.18 Å². The van der Waals surface area contributed by atoms with E-state index in [4.69, 9.17) is 0 Å². The van der Waals surface area contributed by atoms with Crippen LogP contribution >= 0.6 is 0 Å². The molecule has 29 heavy (non-hydrogen) atoms. The summed E-state index contributed by atoms with van der Waals surface area (Å²) in [5, 5.41) is 5.56. The molecule has 0 aromatic heterocycles. The zero-order valence-corrected chi connectivity index (χ0v) is 16.4. The van der Waals surface area contributed by atoms with Gasteiger partial charge in [0.15, 0.2) is 0 Å². The number of nitrogens with one attached hydrogen (secondary N) is 2. The SMILES string of the molecule is O=C(NCCCNC(=O)N1CCN(Cc2ccccc2)CC1)c1ccccc1F. The summed E-state index contributed by atoms with van der Waals surface area (Å²) < 4.78 is 13.6. The second kappa shape index (κ2) is 10.6. The van der Waals surface area contributed by atoms with Crippen molar-refractivity contribution in [3.63, 3.8) is 0 Å². The van der Waals surface area contributed by atoms with Crippen LogP contribution in [0.2, 0.25) is 0 Å². The van der Waals surface area contributed by atoms with Crippen molar-refractivity contribution in [3.05, 3.63) is 71.5 Å². The maximum absolute atomic E-state index is 13.6. The zero-order valence-electron chi connectivity index (χ0n) is 16.4. The molecule has 1 aliphatic rings. The van der Waals surface area contributed by atoms with Crippen molar-refractivity contribution < 1.29 is 14.0 Å². The average molecular weight is 398 g/mol. The van der Waals surface area contributed by atoms with E-state index >= 15 is 0 Å². The van der Waals surface area contributed by atoms with Crippen molar-refractivity contribution in [2.45, 2.75) is 13.0 Å². The monoisotopic (exact) mass is 398 g/mol. The number of carbonyl (C=O) groups is 2. The lowest BCUT2D eigenvalue weighted by atomic mass is 10.2. The Morgan fingerprint density at radius 2 is 1.52 bits per heavy atom. The number of urea groups is 1. The Morgan fingerprint density at radius 3 is 2.24 bits per heavy atom. The summed E-state index contributed by atoms with van der Waals surface area (Å²) in [7, 11) is 0. The topological polar surface area (TPSA) is 64.7 Å². The van der Waals surface area contributed by atoms with Gasteiger partial charge in [-0.15, -0.1) is 0 Å². The fraction of sp³-hybridized carbons (Fsp3) is 0.364. The normalized spacial score (nSPS) is 14.4. The van der Waals surface area contributed by atoms with Crippen LogP contribution in [0.5, 0.6) is 0 Å². The summed E-state index contributed by atoms with van der Waals surface area (Å²) in [6.45, 7) is 4.82. The Kier molecular flexibility index (Phi) is 7.58. The highest BCUT2D eigenvalue weighted by Crippen LogP contribution is 2.08. The smallest absolute Gasteiger partial charge is 0.317 e. The van der Waals surface area contributed by atoms with E-state index < -0.39 is 11.7 Å². The molecule has 0 unspecified atom stereocenters. The van der Waals surface area contributed by atoms with Gasteiger partial charge in [-0.25, -0.2) is 9.18 Å². The summed E-state index contributed by atoms with van der Waals surface area (Å²) in [6.07, 6.45) is 0.583. The molecule has 1 fully saturated rings. The number of carbonyl (C=O) groups excluding carboxylic acids is 2. The Morgan fingerprint density at radius 1 is 0.862 bits per heavy atom. The highest BCUT2D eigenvalue weighted by molar-refractivity contribution is 5.94. The van der Waals surface area contributed by atoms with Gasteiger partial charge in [0.25, 0.3) is 5.91 Å². The second-order valence-electron chi connectivity index (χ2n) is 7.07. The van der Waals surface area contributed by atoms with Crippen molar-refractivity contribution in [1.29, 1.82) is 0 Å². The maximum Gasteiger partial charge on any atom is 0.317 e. The van der Waals surface area contributed by atoms with Crippen molar-refractivity contribution in [3.8, 4) is 0 Å². The van der Waals surface area contributed by atoms with E-state index in [1.54, 1.807) is 12.1 Å². The molecule has 1 saturated heterocycles. The second-order valence-corrected chi connectivity index (χ2v) is 7.07. The van der Waals surface area contributed by atoms with E-state index in [1.165, 1.54) is 17.7 Å². The molecule has 154 valence electrons. The van der Waals surface area contributed by atoms with Gasteiger partial charge in [0, 0.05) is 45.8 Å². The number of hydrogen-bond donors (Lipinski definition) is 2. The minimum Gasteiger partial charge on any atom is -0.352 e. The number of nitrogens with zero attached hydrogens (tertiary/aromatic N) is 2. The summed E-state index contributed by atoms with van der Waals surface area (Å²) in [5.74, 6) is -0.978. The number of rotatable bonds is 7. The van der Waals surface area contributed by atoms with Gasteiger partial charge in [-0.2, -0.15) is 0 Å². The number of hydrogen-bond acceptors (Lipinski definition) is 3. The molecule has 0 saturated carbocycles. The van der Waals surface area contributed by atoms with E-state index in [1.807, 2.05) is 23.1 Å². The molecule has 0 atom stereocenters. The van der Waals surface area contributed by atoms with E-state index in [9.17, 15) is 14.0 Å². The number of benzene rings is 2. The first-order valence-electron chi connectivity index (χ1n) is 9.95. The van der Waals surface area contributed by atoms with Crippen LogP contribution in [0.1, 0.15) is 22.3 Å². The van der Waals surface area contributed by atoms with Crippen LogP contribution in [0, 0.1) is 5.82 Å². The van der Waals surface area contributed by atoms with Crippen LogP contribution in [-0.2, 0) is 6.54 Å². The van der Waals surface area contributed by atoms with Gasteiger partial charge in [-0.1, -0.05) is 42.5 Å². The van der Waals surface area contributed by atoms with Crippen LogP contribution in [0.25, 0.3) is 0 Å². The van der Waals surface area contributed by atoms with Crippen molar-refractivity contribution >= 4 is 11.9 Å². The van der Waals surface area contributed by atoms with Gasteiger partial charge in [0.1, 0.15) is 5.82 Å². The molecule has 2 aromatic rings. The predicted molar refractivity (Wildman–Crippen MR) is 110 cm³/mol. The average Bonchev–Trinajstić information content (AvgIpc) is 2.75. The van der Waals surface area contributed by atoms with Crippen LogP contribution < -0.4 is 10.6 Å². The van der Waals surface area contributed by atoms with Gasteiger partial charge in [0.05, 0.1) is 5.56 Å². The molecule has 7 heteroatoms. The Labute approximate surface area is 170 Å². The van der Waals surface area contributed by atoms with Gasteiger partial charge >= 0.3 is 6.03 Å². The molecule has 0 aliphatic carbocycles. The van der Waals surface area contributed by atoms with Crippen LogP contribution in [0.15, 0.2) is 54.6 Å². The lowest BCUT2D eigenvalue weighted by Gasteiger charge is -2.34. The van der Waals surface area contributed by atoms with Crippen molar-refractivity contribution in [2.75, 3.05) is 39.3 Å². The fourth-order valence-electron chi connectivity index (χ4n) is 3.29. The van der Waals surface area contributed by atoms with E-state index in [0.717, 1.165) is 19.6 Å². The summed E-state index contributed by atoms with van der Waals surface area (Å²) in [6, 6.07) is 16.1. The van der Waals surface area contributed by atoms with Gasteiger partial charge in [0.2, 0.25) is 0 Å². The number of amides is 3. The minimum atomic E-state index is -0.537. The third-order valence-electron chi connectivity index (χ3n) is 4.94. The molecule has 1 heterocycles. The fourth-order valence-corrected chi connectivity index (χ4v) is 3.29. The van der Waals surface area contributed by atoms with Gasteiger partial charge < -0.3 is 15.5 Å². The number of piperazine rings is 1. The molecule has 0 radical (unpaired) electrons. The molecular formula is C22H27FN4O2. The summed E-state index contributed by atoms with van der Waals surface area (Å²) in [5.41, 5.74) is 1.31. The summed E-state index contributed by atoms with van der Waals surface area (Å²) >= 11 is 0. The molecule has 2 aromatic carbocycles. The first-order chi connectivity index (χ1) is 14.1. The molecule has 0 spiro atoms. The highest BCUT2D eigenvalue weighted by Gasteiger charge is 2.20. The van der Waals surface area contributed by atoms with Crippen LogP contribution in [0.3, 0.4) is 0 Å². The lowest BCUT2D eigenvalue weighted by Crippen LogP contribution is -2.51. The van der Waals surface area contributed by atoms with E-state index in [-0.39, 0.29) is 11.6 Å². The first-order valence-corrected chi connectivity index (χ1v) is 9.95. The lowest BCUT2D eigenvalue weighted by molar-refractivity contribution is 0.0949. The van der Waals surface area contributed by atoms with Gasteiger partial charge in [-0.05, 0) is 24.1 Å². The maximum atomic E-state index is 13.6. The van der Waals surface area contributed by atoms with E-state index in [0.29, 0.717) is 32.6 Å². The molecule has 2 N–H and O–H groups in total. The zero-order chi connectivity index (χ0) is 20.5. The van der Waals surface area contributed by atoms with Crippen molar-refractivity contribution in [1.82, 2.24) is 20.4 Å². The molecule has 6 nitrogen and oxygen atoms in total. The Bertz CT molecular complexity index is 807. The molecular weight excluding hydrogens is 371 g/mol. The molecule has 0 bridgehead atoms. The van der Waals surface area contributed by atoms with Crippen molar-refractivity contribution in [2.24, 2.45) is 0 Å². The minimum absolute atomic E-state index is 0.0323. The van der Waals surface area contributed by atoms with E-state index in [2.05, 4.69) is 27.7 Å². The summed E-state index contributed by atoms with van der Waals surface area (Å²) in [4.78, 5) is 28.4. The first kappa shape index (κ1) is 20.8. The van der Waals surface area contributed by atoms with Gasteiger partial charge in [-0.3, -0.25) is 9.69 Å². The molecule has 3 amide bonds. The number of halogens is 1. The standard InChI is InChI=1S/C22H27FN4O2/c23-20-10-5-4-9-19(20)21(28)24-11-6-12-25-22(29)27-15-13-26(14-16-27)17-18-7-2-1-3-8-18/h1-5,7-10H,6,11-17H2,(H,24,28)(H,25,29). The Balaban J connectivity index is 1.29.